The number of nitrogen functional groups attached to an aromatic ring is 1. The molecule has 44 heavy (non-hydrogen) atoms. The van der Waals surface area contributed by atoms with Crippen LogP contribution in [0.1, 0.15) is 80.8 Å². The summed E-state index contributed by atoms with van der Waals surface area (Å²) in [7, 11) is 0. The summed E-state index contributed by atoms with van der Waals surface area (Å²) in [6.45, 7) is 6.45. The van der Waals surface area contributed by atoms with Crippen LogP contribution in [0.25, 0.3) is 5.69 Å². The van der Waals surface area contributed by atoms with Gasteiger partial charge in [0.2, 0.25) is 0 Å². The van der Waals surface area contributed by atoms with Gasteiger partial charge in [-0.3, -0.25) is 19.0 Å². The zero-order chi connectivity index (χ0) is 32.2. The van der Waals surface area contributed by atoms with Gasteiger partial charge in [0.1, 0.15) is 35.3 Å². The Morgan fingerprint density at radius 1 is 0.977 bits per heavy atom. The van der Waals surface area contributed by atoms with E-state index in [1.807, 2.05) is 0 Å². The largest absolute Gasteiger partial charge is 0.461 e. The first-order chi connectivity index (χ1) is 20.7. The lowest BCUT2D eigenvalue weighted by Gasteiger charge is -2.24. The predicted octanol–water partition coefficient (Wildman–Crippen LogP) is 6.02. The first-order valence-electron chi connectivity index (χ1n) is 14.7. The van der Waals surface area contributed by atoms with Gasteiger partial charge in [0.25, 0.3) is 5.56 Å². The van der Waals surface area contributed by atoms with Gasteiger partial charge in [-0.25, -0.2) is 17.6 Å². The molecule has 7 nitrogen and oxygen atoms in total. The second-order valence-electron chi connectivity index (χ2n) is 12.4. The van der Waals surface area contributed by atoms with Gasteiger partial charge in [-0.05, 0) is 92.8 Å². The van der Waals surface area contributed by atoms with Gasteiger partial charge < -0.3 is 15.8 Å². The zero-order valence-electron chi connectivity index (χ0n) is 25.0. The SMILES string of the molecule is CC(C)(C)CC[C@H](NCCc1cc(F)c(-n2c(N)c(C(=O)c3ccc(F)cc3F)ccc2=O)c(F)c1)C(=O)OC1CCCC1. The maximum atomic E-state index is 15.4. The van der Waals surface area contributed by atoms with E-state index in [0.717, 1.165) is 68.5 Å². The van der Waals surface area contributed by atoms with Crippen molar-refractivity contribution in [1.82, 2.24) is 9.88 Å². The van der Waals surface area contributed by atoms with Gasteiger partial charge >= 0.3 is 5.97 Å². The Hall–Kier alpha value is -3.99. The van der Waals surface area contributed by atoms with E-state index in [-0.39, 0.29) is 36.0 Å². The van der Waals surface area contributed by atoms with E-state index in [9.17, 15) is 23.2 Å². The highest BCUT2D eigenvalue weighted by Gasteiger charge is 2.27. The van der Waals surface area contributed by atoms with Crippen molar-refractivity contribution in [2.45, 2.75) is 77.9 Å². The molecule has 236 valence electrons. The fraction of sp³-hybridized carbons (Fsp3) is 0.424. The Balaban J connectivity index is 1.53. The van der Waals surface area contributed by atoms with Crippen molar-refractivity contribution in [3.05, 3.63) is 92.8 Å². The maximum absolute atomic E-state index is 15.4. The molecule has 1 fully saturated rings. The molecule has 0 bridgehead atoms. The van der Waals surface area contributed by atoms with Crippen LogP contribution in [-0.2, 0) is 16.0 Å². The lowest BCUT2D eigenvalue weighted by atomic mass is 9.88. The van der Waals surface area contributed by atoms with Crippen molar-refractivity contribution in [3.63, 3.8) is 0 Å². The van der Waals surface area contributed by atoms with E-state index in [1.54, 1.807) is 0 Å². The summed E-state index contributed by atoms with van der Waals surface area (Å²) >= 11 is 0. The molecule has 0 amide bonds. The molecule has 0 unspecified atom stereocenters. The predicted molar refractivity (Wildman–Crippen MR) is 159 cm³/mol. The summed E-state index contributed by atoms with van der Waals surface area (Å²) in [6.07, 6.45) is 5.10. The van der Waals surface area contributed by atoms with Crippen LogP contribution in [0.15, 0.2) is 47.3 Å². The fourth-order valence-electron chi connectivity index (χ4n) is 5.29. The van der Waals surface area contributed by atoms with Crippen molar-refractivity contribution in [2.75, 3.05) is 12.3 Å². The third-order valence-electron chi connectivity index (χ3n) is 7.71. The number of anilines is 1. The molecule has 4 rings (SSSR count). The average Bonchev–Trinajstić information content (AvgIpc) is 3.44. The molecule has 1 atom stereocenters. The molecule has 1 aliphatic rings. The maximum Gasteiger partial charge on any atom is 0.323 e. The first-order valence-corrected chi connectivity index (χ1v) is 14.7. The van der Waals surface area contributed by atoms with E-state index in [2.05, 4.69) is 26.1 Å². The molecule has 0 spiro atoms. The standard InChI is InChI=1S/C33H37F4N3O4/c1-33(2,3)14-12-27(32(43)44-21-6-4-5-7-21)39-15-13-19-16-25(36)29(26(37)17-19)40-28(41)11-10-23(31(40)38)30(42)22-9-8-20(34)18-24(22)35/h8-11,16-18,21,27,39H,4-7,12-15,38H2,1-3H3/t27-/m0/s1. The van der Waals surface area contributed by atoms with E-state index in [1.165, 1.54) is 0 Å². The van der Waals surface area contributed by atoms with Crippen LogP contribution in [0.5, 0.6) is 0 Å². The number of pyridine rings is 1. The van der Waals surface area contributed by atoms with Gasteiger partial charge in [-0.15, -0.1) is 0 Å². The Kier molecular flexibility index (Phi) is 10.3. The minimum absolute atomic E-state index is 0.00925. The number of nitrogens with one attached hydrogen (secondary N) is 1. The topological polar surface area (TPSA) is 103 Å². The van der Waals surface area contributed by atoms with Crippen LogP contribution in [0.4, 0.5) is 23.4 Å². The number of carbonyl (C=O) groups is 2. The number of benzene rings is 2. The van der Waals surface area contributed by atoms with Crippen molar-refractivity contribution in [1.29, 1.82) is 0 Å². The smallest absolute Gasteiger partial charge is 0.323 e. The third-order valence-corrected chi connectivity index (χ3v) is 7.71. The highest BCUT2D eigenvalue weighted by Crippen LogP contribution is 2.27. The Labute approximate surface area is 253 Å². The van der Waals surface area contributed by atoms with Gasteiger partial charge in [-0.2, -0.15) is 0 Å². The van der Waals surface area contributed by atoms with Crippen LogP contribution in [0.2, 0.25) is 0 Å². The number of rotatable bonds is 11. The molecule has 1 aromatic heterocycles. The molecule has 3 N–H and O–H groups in total. The average molecular weight is 616 g/mol. The van der Waals surface area contributed by atoms with Crippen LogP contribution >= 0.6 is 0 Å². The molecular formula is C33H37F4N3O4. The molecular weight excluding hydrogens is 578 g/mol. The summed E-state index contributed by atoms with van der Waals surface area (Å²) < 4.78 is 64.5. The van der Waals surface area contributed by atoms with Crippen LogP contribution < -0.4 is 16.6 Å². The summed E-state index contributed by atoms with van der Waals surface area (Å²) in [6, 6.07) is 5.70. The minimum Gasteiger partial charge on any atom is -0.461 e. The zero-order valence-corrected chi connectivity index (χ0v) is 25.0. The van der Waals surface area contributed by atoms with Gasteiger partial charge in [-0.1, -0.05) is 20.8 Å². The molecule has 11 heteroatoms. The molecule has 2 aromatic carbocycles. The van der Waals surface area contributed by atoms with E-state index < -0.39 is 63.3 Å². The number of carbonyl (C=O) groups excluding carboxylic acids is 2. The van der Waals surface area contributed by atoms with E-state index in [4.69, 9.17) is 10.5 Å². The van der Waals surface area contributed by atoms with Crippen molar-refractivity contribution >= 4 is 17.6 Å². The fourth-order valence-corrected chi connectivity index (χ4v) is 5.29. The molecule has 1 heterocycles. The Bertz CT molecular complexity index is 1570. The number of esters is 1. The Morgan fingerprint density at radius 3 is 2.23 bits per heavy atom. The number of hydrogen-bond donors (Lipinski definition) is 2. The second-order valence-corrected chi connectivity index (χ2v) is 12.4. The molecule has 3 aromatic rings. The highest BCUT2D eigenvalue weighted by molar-refractivity contribution is 6.11. The number of nitrogens with two attached hydrogens (primary N) is 1. The summed E-state index contributed by atoms with van der Waals surface area (Å²) in [4.78, 5) is 38.6. The number of ketones is 1. The normalized spacial score (nSPS) is 14.5. The summed E-state index contributed by atoms with van der Waals surface area (Å²) in [5, 5.41) is 3.18. The second kappa shape index (κ2) is 13.8. The van der Waals surface area contributed by atoms with Crippen LogP contribution in [0.3, 0.4) is 0 Å². The highest BCUT2D eigenvalue weighted by atomic mass is 19.1. The third kappa shape index (κ3) is 7.93. The van der Waals surface area contributed by atoms with Gasteiger partial charge in [0.05, 0.1) is 11.1 Å². The van der Waals surface area contributed by atoms with E-state index in [0.29, 0.717) is 17.1 Å². The number of nitrogens with zero attached hydrogens (tertiary/aromatic N) is 1. The molecule has 0 radical (unpaired) electrons. The Morgan fingerprint density at radius 2 is 1.61 bits per heavy atom. The van der Waals surface area contributed by atoms with E-state index >= 15 is 8.78 Å². The number of halogens is 4. The molecule has 1 saturated carbocycles. The lowest BCUT2D eigenvalue weighted by molar-refractivity contribution is -0.151. The summed E-state index contributed by atoms with van der Waals surface area (Å²) in [5.74, 6) is -6.23. The first kappa shape index (κ1) is 32.9. The van der Waals surface area contributed by atoms with Crippen molar-refractivity contribution in [3.8, 4) is 5.69 Å². The van der Waals surface area contributed by atoms with Crippen LogP contribution in [-0.4, -0.2) is 35.0 Å². The van der Waals surface area contributed by atoms with Gasteiger partial charge in [0.15, 0.2) is 17.4 Å². The monoisotopic (exact) mass is 615 g/mol. The van der Waals surface area contributed by atoms with Crippen LogP contribution in [0, 0.1) is 28.7 Å². The number of ether oxygens (including phenoxy) is 1. The molecule has 0 aliphatic heterocycles. The quantitative estimate of drug-likeness (QED) is 0.155. The minimum atomic E-state index is -1.16. The lowest BCUT2D eigenvalue weighted by Crippen LogP contribution is -2.41. The van der Waals surface area contributed by atoms with Gasteiger partial charge in [0, 0.05) is 12.1 Å². The molecule has 1 aliphatic carbocycles. The summed E-state index contributed by atoms with van der Waals surface area (Å²) in [5.41, 5.74) is 3.62. The van der Waals surface area contributed by atoms with Crippen molar-refractivity contribution in [2.24, 2.45) is 5.41 Å². The molecule has 0 saturated heterocycles. The van der Waals surface area contributed by atoms with Crippen molar-refractivity contribution < 1.29 is 31.9 Å². The number of hydrogen-bond acceptors (Lipinski definition) is 6. The number of aromatic nitrogens is 1.